The van der Waals surface area contributed by atoms with E-state index >= 15 is 0 Å². The molecule has 0 radical (unpaired) electrons. The maximum atomic E-state index is 11.9. The van der Waals surface area contributed by atoms with Crippen LogP contribution in [-0.2, 0) is 4.74 Å². The number of carbonyl (C=O) groups excluding carboxylic acids is 1. The first kappa shape index (κ1) is 11.8. The van der Waals surface area contributed by atoms with Crippen LogP contribution in [0.4, 0.5) is 0 Å². The van der Waals surface area contributed by atoms with Gasteiger partial charge in [0.2, 0.25) is 5.78 Å². The zero-order valence-electron chi connectivity index (χ0n) is 11.2. The molecular formula is C14H11N5O2. The molecule has 0 fully saturated rings. The van der Waals surface area contributed by atoms with Crippen molar-refractivity contribution in [3.8, 4) is 0 Å². The van der Waals surface area contributed by atoms with Gasteiger partial charge in [-0.15, -0.1) is 0 Å². The normalized spacial score (nSPS) is 11.5. The van der Waals surface area contributed by atoms with E-state index in [-0.39, 0.29) is 0 Å². The molecule has 0 unspecified atom stereocenters. The van der Waals surface area contributed by atoms with Gasteiger partial charge in [0.25, 0.3) is 0 Å². The van der Waals surface area contributed by atoms with Crippen LogP contribution in [0.15, 0.2) is 36.8 Å². The Morgan fingerprint density at radius 3 is 3.05 bits per heavy atom. The molecule has 0 spiro atoms. The highest BCUT2D eigenvalue weighted by atomic mass is 16.5. The average Bonchev–Trinajstić information content (AvgIpc) is 3.08. The fourth-order valence-corrected chi connectivity index (χ4v) is 2.37. The highest BCUT2D eigenvalue weighted by Crippen LogP contribution is 2.18. The van der Waals surface area contributed by atoms with E-state index in [1.807, 2.05) is 28.7 Å². The molecule has 21 heavy (non-hydrogen) atoms. The molecule has 0 saturated heterocycles. The summed E-state index contributed by atoms with van der Waals surface area (Å²) in [6.07, 6.45) is 3.10. The quantitative estimate of drug-likeness (QED) is 0.523. The van der Waals surface area contributed by atoms with Gasteiger partial charge in [0.05, 0.1) is 23.8 Å². The first-order valence-electron chi connectivity index (χ1n) is 6.56. The number of esters is 1. The van der Waals surface area contributed by atoms with Crippen molar-refractivity contribution in [2.75, 3.05) is 6.61 Å². The molecule has 0 amide bonds. The Labute approximate surface area is 118 Å². The molecule has 4 aromatic rings. The zero-order chi connectivity index (χ0) is 14.4. The van der Waals surface area contributed by atoms with Crippen LogP contribution in [-0.4, -0.2) is 36.6 Å². The van der Waals surface area contributed by atoms with Gasteiger partial charge in [-0.25, -0.2) is 14.8 Å². The minimum Gasteiger partial charge on any atom is -0.462 e. The molecule has 0 N–H and O–H groups in total. The van der Waals surface area contributed by atoms with Crippen LogP contribution in [0.3, 0.4) is 0 Å². The highest BCUT2D eigenvalue weighted by molar-refractivity contribution is 5.96. The van der Waals surface area contributed by atoms with Gasteiger partial charge in [-0.1, -0.05) is 12.1 Å². The molecule has 1 aromatic carbocycles. The summed E-state index contributed by atoms with van der Waals surface area (Å²) in [5.74, 6) is 0.178. The van der Waals surface area contributed by atoms with Gasteiger partial charge in [-0.3, -0.25) is 4.40 Å². The first-order valence-corrected chi connectivity index (χ1v) is 6.56. The number of ether oxygens (including phenoxy) is 1. The minimum atomic E-state index is -0.430. The summed E-state index contributed by atoms with van der Waals surface area (Å²) in [6, 6.07) is 7.74. The van der Waals surface area contributed by atoms with Crippen molar-refractivity contribution in [1.29, 1.82) is 0 Å². The first-order chi connectivity index (χ1) is 10.3. The van der Waals surface area contributed by atoms with E-state index in [9.17, 15) is 4.79 Å². The maximum Gasteiger partial charge on any atom is 0.343 e. The summed E-state index contributed by atoms with van der Waals surface area (Å²) < 4.78 is 8.39. The molecule has 7 heteroatoms. The predicted molar refractivity (Wildman–Crippen MR) is 75.2 cm³/mol. The summed E-state index contributed by atoms with van der Waals surface area (Å²) in [4.78, 5) is 20.7. The highest BCUT2D eigenvalue weighted by Gasteiger charge is 2.17. The van der Waals surface area contributed by atoms with E-state index in [0.717, 1.165) is 11.0 Å². The molecule has 0 aliphatic carbocycles. The van der Waals surface area contributed by atoms with Gasteiger partial charge in [0.15, 0.2) is 5.65 Å². The molecule has 0 aliphatic rings. The smallest absolute Gasteiger partial charge is 0.343 e. The second kappa shape index (κ2) is 4.27. The van der Waals surface area contributed by atoms with Gasteiger partial charge in [-0.2, -0.15) is 9.61 Å². The summed E-state index contributed by atoms with van der Waals surface area (Å²) in [6.45, 7) is 2.07. The number of hydrogen-bond donors (Lipinski definition) is 0. The van der Waals surface area contributed by atoms with Crippen LogP contribution in [0.2, 0.25) is 0 Å². The number of rotatable bonds is 2. The van der Waals surface area contributed by atoms with Crippen molar-refractivity contribution >= 4 is 28.4 Å². The lowest BCUT2D eigenvalue weighted by molar-refractivity contribution is 0.0528. The average molecular weight is 281 g/mol. The summed E-state index contributed by atoms with van der Waals surface area (Å²) >= 11 is 0. The van der Waals surface area contributed by atoms with E-state index < -0.39 is 5.97 Å². The van der Waals surface area contributed by atoms with Crippen molar-refractivity contribution in [2.45, 2.75) is 6.92 Å². The Balaban J connectivity index is 2.04. The molecule has 0 saturated carbocycles. The second-order valence-electron chi connectivity index (χ2n) is 4.53. The standard InChI is InChI=1S/C14H11N5O2/c1-2-21-13(20)9-7-16-19-12(9)15-8-18-11-6-4-3-5-10(11)17-14(18)19/h3-8H,2H2,1H3. The molecule has 0 atom stereocenters. The van der Waals surface area contributed by atoms with Crippen molar-refractivity contribution in [3.05, 3.63) is 42.4 Å². The molecular weight excluding hydrogens is 270 g/mol. The lowest BCUT2D eigenvalue weighted by Crippen LogP contribution is -2.06. The Bertz CT molecular complexity index is 985. The fourth-order valence-electron chi connectivity index (χ4n) is 2.37. The number of carbonyl (C=O) groups is 1. The van der Waals surface area contributed by atoms with Crippen LogP contribution < -0.4 is 0 Å². The number of imidazole rings is 1. The Morgan fingerprint density at radius 1 is 1.33 bits per heavy atom. The number of nitrogens with zero attached hydrogens (tertiary/aromatic N) is 5. The summed E-state index contributed by atoms with van der Waals surface area (Å²) in [5, 5.41) is 4.22. The van der Waals surface area contributed by atoms with Crippen LogP contribution >= 0.6 is 0 Å². The monoisotopic (exact) mass is 281 g/mol. The van der Waals surface area contributed by atoms with Crippen molar-refractivity contribution in [1.82, 2.24) is 24.0 Å². The fraction of sp³-hybridized carbons (Fsp3) is 0.143. The molecule has 3 heterocycles. The number of aromatic nitrogens is 5. The van der Waals surface area contributed by atoms with Crippen LogP contribution in [0, 0.1) is 0 Å². The Kier molecular flexibility index (Phi) is 2.41. The number of benzene rings is 1. The van der Waals surface area contributed by atoms with Crippen molar-refractivity contribution in [3.63, 3.8) is 0 Å². The second-order valence-corrected chi connectivity index (χ2v) is 4.53. The van der Waals surface area contributed by atoms with Crippen molar-refractivity contribution < 1.29 is 9.53 Å². The third-order valence-electron chi connectivity index (χ3n) is 3.30. The number of hydrogen-bond acceptors (Lipinski definition) is 5. The van der Waals surface area contributed by atoms with E-state index in [1.54, 1.807) is 17.8 Å². The molecule has 0 bridgehead atoms. The third-order valence-corrected chi connectivity index (χ3v) is 3.30. The van der Waals surface area contributed by atoms with Gasteiger partial charge in [-0.05, 0) is 19.1 Å². The van der Waals surface area contributed by atoms with E-state index in [1.165, 1.54) is 6.20 Å². The molecule has 3 aromatic heterocycles. The third kappa shape index (κ3) is 1.60. The summed E-state index contributed by atoms with van der Waals surface area (Å²) in [7, 11) is 0. The Morgan fingerprint density at radius 2 is 2.19 bits per heavy atom. The number of para-hydroxylation sites is 2. The predicted octanol–water partition coefficient (Wildman–Crippen LogP) is 1.71. The molecule has 0 aliphatic heterocycles. The number of fused-ring (bicyclic) bond motifs is 5. The van der Waals surface area contributed by atoms with Crippen LogP contribution in [0.5, 0.6) is 0 Å². The zero-order valence-corrected chi connectivity index (χ0v) is 11.2. The van der Waals surface area contributed by atoms with Crippen LogP contribution in [0.25, 0.3) is 22.5 Å². The Hall–Kier alpha value is -2.96. The van der Waals surface area contributed by atoms with E-state index in [0.29, 0.717) is 23.6 Å². The van der Waals surface area contributed by atoms with Crippen LogP contribution in [0.1, 0.15) is 17.3 Å². The topological polar surface area (TPSA) is 73.8 Å². The van der Waals surface area contributed by atoms with Gasteiger partial charge < -0.3 is 4.74 Å². The largest absolute Gasteiger partial charge is 0.462 e. The lowest BCUT2D eigenvalue weighted by Gasteiger charge is -2.00. The SMILES string of the molecule is CCOC(=O)c1cnn2c1ncn1c3ccccc3nc12. The minimum absolute atomic E-state index is 0.311. The van der Waals surface area contributed by atoms with Gasteiger partial charge in [0.1, 0.15) is 11.9 Å². The van der Waals surface area contributed by atoms with Gasteiger partial charge in [0, 0.05) is 0 Å². The van der Waals surface area contributed by atoms with E-state index in [4.69, 9.17) is 4.74 Å². The molecule has 7 nitrogen and oxygen atoms in total. The molecule has 4 rings (SSSR count). The molecule has 104 valence electrons. The lowest BCUT2D eigenvalue weighted by atomic mass is 10.3. The van der Waals surface area contributed by atoms with Crippen molar-refractivity contribution in [2.24, 2.45) is 0 Å². The van der Waals surface area contributed by atoms with Gasteiger partial charge >= 0.3 is 5.97 Å². The summed E-state index contributed by atoms with van der Waals surface area (Å²) in [5.41, 5.74) is 2.57. The maximum absolute atomic E-state index is 11.9. The van der Waals surface area contributed by atoms with E-state index in [2.05, 4.69) is 15.1 Å².